The van der Waals surface area contributed by atoms with Crippen molar-refractivity contribution in [3.05, 3.63) is 278 Å². The molecule has 0 saturated heterocycles. The number of hydrogen-bond donors (Lipinski definition) is 0. The Kier molecular flexibility index (Phi) is 7.91. The van der Waals surface area contributed by atoms with Crippen molar-refractivity contribution in [2.24, 2.45) is 0 Å². The fourth-order valence-corrected chi connectivity index (χ4v) is 14.7. The second kappa shape index (κ2) is 16.9. The number of ether oxygens (including phenoxy) is 1. The van der Waals surface area contributed by atoms with E-state index in [2.05, 4.69) is 198 Å². The van der Waals surface area contributed by atoms with E-state index in [-0.39, 0.29) is 64.8 Å². The standard InChI is InChI=1S/C75H50B2N4O/c1-75(2)57-34-15-12-29-53(57)56-33-22-32-52(72(56)75)47-41-67-74-71(42-47)82-70-46-66-60(45-61(70)77(74)59-36-17-21-40-65(59)78(67)48-23-6-3-7-24-48)76-58-35-16-20-39-64(58)79(49-25-8-4-9-26-49)68-43-51(44-69(73(68)76)80(66)50-27-10-5-11-28-50)81-62-37-18-13-30-54(62)55-31-14-19-38-63(55)81/h3-46H,1-2H3/i13D,14D,18D,19D,30D,31D,37D,38D. The lowest BCUT2D eigenvalue weighted by atomic mass is 9.30. The molecule has 82 heavy (non-hydrogen) atoms. The van der Waals surface area contributed by atoms with Crippen molar-refractivity contribution in [3.8, 4) is 39.4 Å². The first-order chi connectivity index (χ1) is 43.8. The van der Waals surface area contributed by atoms with Gasteiger partial charge in [0.05, 0.1) is 27.7 Å². The van der Waals surface area contributed by atoms with Crippen LogP contribution in [0.1, 0.15) is 35.9 Å². The number of fused-ring (bicyclic) bond motifs is 14. The summed E-state index contributed by atoms with van der Waals surface area (Å²) in [5.74, 6) is 1.46. The third-order valence-corrected chi connectivity index (χ3v) is 18.0. The van der Waals surface area contributed by atoms with Crippen molar-refractivity contribution in [2.45, 2.75) is 19.3 Å². The van der Waals surface area contributed by atoms with Crippen molar-refractivity contribution in [2.75, 3.05) is 14.7 Å². The summed E-state index contributed by atoms with van der Waals surface area (Å²) in [5, 5.41) is 0.0273. The summed E-state index contributed by atoms with van der Waals surface area (Å²) in [6.45, 7) is 4.02. The fraction of sp³-hybridized carbons (Fsp3) is 0.0400. The number of benzene rings is 12. The largest absolute Gasteiger partial charge is 0.458 e. The highest BCUT2D eigenvalue weighted by Gasteiger charge is 2.48. The normalized spacial score (nSPS) is 15.7. The maximum absolute atomic E-state index is 9.63. The van der Waals surface area contributed by atoms with Crippen LogP contribution >= 0.6 is 0 Å². The Labute approximate surface area is 488 Å². The van der Waals surface area contributed by atoms with Crippen molar-refractivity contribution in [1.82, 2.24) is 4.57 Å². The van der Waals surface area contributed by atoms with Gasteiger partial charge in [-0.15, -0.1) is 0 Å². The van der Waals surface area contributed by atoms with Crippen molar-refractivity contribution >= 4 is 119 Å². The average Bonchev–Trinajstić information content (AvgIpc) is 0.890. The van der Waals surface area contributed by atoms with Crippen LogP contribution in [0.4, 0.5) is 51.2 Å². The summed E-state index contributed by atoms with van der Waals surface area (Å²) in [7, 11) is 0. The lowest BCUT2D eigenvalue weighted by Crippen LogP contribution is -2.64. The molecule has 0 saturated carbocycles. The molecular weight excluding hydrogens is 994 g/mol. The van der Waals surface area contributed by atoms with Gasteiger partial charge in [0.15, 0.2) is 0 Å². The summed E-state index contributed by atoms with van der Waals surface area (Å²) < 4.78 is 83.3. The first-order valence-corrected chi connectivity index (χ1v) is 28.0. The number of aromatic nitrogens is 1. The Morgan fingerprint density at radius 2 is 0.878 bits per heavy atom. The molecular formula is C75H50B2N4O. The van der Waals surface area contributed by atoms with Gasteiger partial charge >= 0.3 is 0 Å². The molecule has 0 bridgehead atoms. The van der Waals surface area contributed by atoms with Crippen molar-refractivity contribution in [1.29, 1.82) is 0 Å². The van der Waals surface area contributed by atoms with E-state index >= 15 is 0 Å². The van der Waals surface area contributed by atoms with Gasteiger partial charge in [-0.2, -0.15) is 0 Å². The van der Waals surface area contributed by atoms with Crippen LogP contribution in [0.15, 0.2) is 267 Å². The summed E-state index contributed by atoms with van der Waals surface area (Å²) >= 11 is 0. The topological polar surface area (TPSA) is 23.9 Å². The zero-order valence-electron chi connectivity index (χ0n) is 52.6. The van der Waals surface area contributed by atoms with Crippen LogP contribution < -0.4 is 52.2 Å². The summed E-state index contributed by atoms with van der Waals surface area (Å²) in [5.41, 5.74) is 22.1. The van der Waals surface area contributed by atoms with Gasteiger partial charge in [-0.3, -0.25) is 0 Å². The number of rotatable bonds is 5. The molecule has 4 aliphatic heterocycles. The Bertz CT molecular complexity index is 5280. The van der Waals surface area contributed by atoms with Crippen LogP contribution in [0, 0.1) is 0 Å². The van der Waals surface area contributed by atoms with Crippen LogP contribution in [-0.4, -0.2) is 18.0 Å². The van der Waals surface area contributed by atoms with E-state index in [9.17, 15) is 5.48 Å². The van der Waals surface area contributed by atoms with Gasteiger partial charge in [0, 0.05) is 73.4 Å². The minimum absolute atomic E-state index is 0.0137. The van der Waals surface area contributed by atoms with Gasteiger partial charge in [0.25, 0.3) is 13.4 Å². The van der Waals surface area contributed by atoms with Crippen LogP contribution in [0.2, 0.25) is 0 Å². The minimum Gasteiger partial charge on any atom is -0.458 e. The molecule has 0 amide bonds. The number of nitrogens with zero attached hydrogens (tertiary/aromatic N) is 4. The molecule has 18 rings (SSSR count). The van der Waals surface area contributed by atoms with Gasteiger partial charge in [-0.25, -0.2) is 0 Å². The Balaban J connectivity index is 0.940. The Hall–Kier alpha value is -10.2. The molecule has 5 nitrogen and oxygen atoms in total. The molecule has 5 aliphatic rings. The van der Waals surface area contributed by atoms with E-state index in [0.29, 0.717) is 11.4 Å². The van der Waals surface area contributed by atoms with Gasteiger partial charge < -0.3 is 24.0 Å². The fourth-order valence-electron chi connectivity index (χ4n) is 14.7. The monoisotopic (exact) mass is 1050 g/mol. The highest BCUT2D eigenvalue weighted by molar-refractivity contribution is 7.02. The molecule has 382 valence electrons. The van der Waals surface area contributed by atoms with Gasteiger partial charge in [-0.1, -0.05) is 190 Å². The highest BCUT2D eigenvalue weighted by Crippen LogP contribution is 2.54. The molecule has 12 aromatic carbocycles. The first-order valence-electron chi connectivity index (χ1n) is 32.0. The minimum atomic E-state index is -0.495. The van der Waals surface area contributed by atoms with Crippen molar-refractivity contribution in [3.63, 3.8) is 0 Å². The molecule has 13 aromatic rings. The molecule has 0 fully saturated rings. The third-order valence-electron chi connectivity index (χ3n) is 18.0. The predicted octanol–water partition coefficient (Wildman–Crippen LogP) is 15.2. The van der Waals surface area contributed by atoms with E-state index < -0.39 is 24.2 Å². The van der Waals surface area contributed by atoms with Crippen LogP contribution in [0.25, 0.3) is 49.7 Å². The lowest BCUT2D eigenvalue weighted by molar-refractivity contribution is 0.488. The van der Waals surface area contributed by atoms with Gasteiger partial charge in [-0.05, 0) is 151 Å². The Morgan fingerprint density at radius 3 is 1.50 bits per heavy atom. The summed E-state index contributed by atoms with van der Waals surface area (Å²) in [6, 6.07) is 73.6. The molecule has 1 aliphatic carbocycles. The molecule has 0 spiro atoms. The van der Waals surface area contributed by atoms with Crippen LogP contribution in [-0.2, 0) is 5.41 Å². The van der Waals surface area contributed by atoms with Gasteiger partial charge in [0.2, 0.25) is 0 Å². The van der Waals surface area contributed by atoms with Crippen LogP contribution in [0.5, 0.6) is 11.5 Å². The third kappa shape index (κ3) is 6.20. The van der Waals surface area contributed by atoms with Gasteiger partial charge in [0.1, 0.15) is 11.5 Å². The van der Waals surface area contributed by atoms with E-state index in [0.717, 1.165) is 101 Å². The Morgan fingerprint density at radius 1 is 0.378 bits per heavy atom. The second-order valence-electron chi connectivity index (χ2n) is 22.5. The van der Waals surface area contributed by atoms with E-state index in [4.69, 9.17) is 10.2 Å². The van der Waals surface area contributed by atoms with E-state index in [1.807, 2.05) is 48.5 Å². The van der Waals surface area contributed by atoms with Crippen LogP contribution in [0.3, 0.4) is 0 Å². The zero-order valence-corrected chi connectivity index (χ0v) is 44.6. The van der Waals surface area contributed by atoms with Crippen molar-refractivity contribution < 1.29 is 15.7 Å². The predicted molar refractivity (Wildman–Crippen MR) is 344 cm³/mol. The van der Waals surface area contributed by atoms with E-state index in [1.54, 1.807) is 4.57 Å². The molecule has 1 aromatic heterocycles. The first kappa shape index (κ1) is 38.4. The number of hydrogen-bond acceptors (Lipinski definition) is 4. The molecule has 7 heteroatoms. The molecule has 5 heterocycles. The number of para-hydroxylation sites is 7. The zero-order chi connectivity index (χ0) is 60.9. The summed E-state index contributed by atoms with van der Waals surface area (Å²) in [6.07, 6.45) is 0. The van der Waals surface area contributed by atoms with E-state index in [1.165, 1.54) is 22.3 Å². The lowest BCUT2D eigenvalue weighted by Gasteiger charge is -2.45. The molecule has 0 atom stereocenters. The highest BCUT2D eigenvalue weighted by atomic mass is 16.5. The maximum Gasteiger partial charge on any atom is 0.256 e. The SMILES string of the molecule is [2H]c1c([2H])c([2H])c2c(c1[2H])c1c([2H])c([2H])c([2H])c([2H])c1n2-c1cc2c3c(c1)N(c1ccccc1)c1cc4c(cc1B3c1ccccc1N2c1ccccc1)B1c2ccccc2N(c2ccccc2)c2cc(-c3cccc5c3C(C)(C)c3ccccc3-5)cc(c21)O4. The average molecular weight is 1050 g/mol. The second-order valence-corrected chi connectivity index (χ2v) is 22.5. The molecule has 0 radical (unpaired) electrons. The molecule has 0 unspecified atom stereocenters. The number of anilines is 9. The smallest absolute Gasteiger partial charge is 0.256 e. The maximum atomic E-state index is 9.63. The summed E-state index contributed by atoms with van der Waals surface area (Å²) in [4.78, 5) is 6.92. The molecule has 0 N–H and O–H groups in total. The quantitative estimate of drug-likeness (QED) is 0.160.